The third kappa shape index (κ3) is 4.16. The van der Waals surface area contributed by atoms with Gasteiger partial charge in [-0.05, 0) is 51.0 Å². The van der Waals surface area contributed by atoms with Gasteiger partial charge in [0, 0.05) is 38.8 Å². The molecule has 7 heteroatoms. The van der Waals surface area contributed by atoms with Crippen LogP contribution in [0.4, 0.5) is 0 Å². The van der Waals surface area contributed by atoms with Gasteiger partial charge in [-0.1, -0.05) is 0 Å². The highest BCUT2D eigenvalue weighted by atomic mass is 32.2. The van der Waals surface area contributed by atoms with Gasteiger partial charge in [-0.2, -0.15) is 4.31 Å². The molecule has 2 rings (SSSR count). The van der Waals surface area contributed by atoms with E-state index >= 15 is 0 Å². The Balaban J connectivity index is 2.28. The fraction of sp³-hybridized carbons (Fsp3) is 0.667. The van der Waals surface area contributed by atoms with E-state index < -0.39 is 10.0 Å². The fourth-order valence-corrected chi connectivity index (χ4v) is 5.44. The van der Waals surface area contributed by atoms with Crippen molar-refractivity contribution in [3.63, 3.8) is 0 Å². The van der Waals surface area contributed by atoms with Gasteiger partial charge in [0.05, 0.1) is 18.6 Å². The van der Waals surface area contributed by atoms with Gasteiger partial charge in [-0.3, -0.25) is 4.90 Å². The highest BCUT2D eigenvalue weighted by Crippen LogP contribution is 2.29. The lowest BCUT2D eigenvalue weighted by Crippen LogP contribution is -2.58. The third-order valence-electron chi connectivity index (χ3n) is 4.93. The van der Waals surface area contributed by atoms with Crippen molar-refractivity contribution in [2.45, 2.75) is 44.7 Å². The Morgan fingerprint density at radius 3 is 2.20 bits per heavy atom. The van der Waals surface area contributed by atoms with Gasteiger partial charge in [0.2, 0.25) is 10.0 Å². The number of hydrogen-bond donors (Lipinski definition) is 0. The molecule has 2 atom stereocenters. The van der Waals surface area contributed by atoms with Crippen LogP contribution in [0.5, 0.6) is 5.75 Å². The van der Waals surface area contributed by atoms with Gasteiger partial charge in [-0.15, -0.1) is 0 Å². The van der Waals surface area contributed by atoms with E-state index in [4.69, 9.17) is 9.47 Å². The smallest absolute Gasteiger partial charge is 0.243 e. The van der Waals surface area contributed by atoms with Crippen molar-refractivity contribution in [3.05, 3.63) is 23.3 Å². The van der Waals surface area contributed by atoms with Gasteiger partial charge < -0.3 is 9.47 Å². The van der Waals surface area contributed by atoms with Gasteiger partial charge in [0.25, 0.3) is 0 Å². The largest absolute Gasteiger partial charge is 0.496 e. The van der Waals surface area contributed by atoms with Crippen molar-refractivity contribution in [1.82, 2.24) is 9.21 Å². The Labute approximate surface area is 151 Å². The highest BCUT2D eigenvalue weighted by Gasteiger charge is 2.36. The van der Waals surface area contributed by atoms with Crippen LogP contribution in [0.1, 0.15) is 25.0 Å². The minimum Gasteiger partial charge on any atom is -0.496 e. The zero-order valence-corrected chi connectivity index (χ0v) is 16.9. The van der Waals surface area contributed by atoms with E-state index in [1.165, 1.54) is 0 Å². The molecule has 1 fully saturated rings. The van der Waals surface area contributed by atoms with Crippen LogP contribution in [-0.2, 0) is 14.8 Å². The Morgan fingerprint density at radius 1 is 1.08 bits per heavy atom. The normalized spacial score (nSPS) is 23.0. The summed E-state index contributed by atoms with van der Waals surface area (Å²) in [6.07, 6.45) is 0. The SMILES string of the molecule is COCCN1C(C)CN(S(=O)(=O)c2cc(C)c(OC)cc2C)CC1C. The Morgan fingerprint density at radius 2 is 1.68 bits per heavy atom. The summed E-state index contributed by atoms with van der Waals surface area (Å²) >= 11 is 0. The first-order valence-corrected chi connectivity index (χ1v) is 10.1. The highest BCUT2D eigenvalue weighted by molar-refractivity contribution is 7.89. The topological polar surface area (TPSA) is 59.1 Å². The maximum Gasteiger partial charge on any atom is 0.243 e. The number of rotatable bonds is 6. The summed E-state index contributed by atoms with van der Waals surface area (Å²) in [5, 5.41) is 0. The van der Waals surface area contributed by atoms with Crippen molar-refractivity contribution in [1.29, 1.82) is 0 Å². The minimum absolute atomic E-state index is 0.147. The average molecular weight is 371 g/mol. The number of aryl methyl sites for hydroxylation is 2. The van der Waals surface area contributed by atoms with E-state index in [0.29, 0.717) is 35.9 Å². The van der Waals surface area contributed by atoms with Crippen molar-refractivity contribution in [2.75, 3.05) is 40.5 Å². The lowest BCUT2D eigenvalue weighted by molar-refractivity contribution is 0.0495. The summed E-state index contributed by atoms with van der Waals surface area (Å²) in [6, 6.07) is 3.81. The van der Waals surface area contributed by atoms with Gasteiger partial charge in [0.1, 0.15) is 5.75 Å². The minimum atomic E-state index is -3.53. The molecule has 0 saturated carbocycles. The average Bonchev–Trinajstić information content (AvgIpc) is 2.55. The van der Waals surface area contributed by atoms with Crippen LogP contribution in [0.25, 0.3) is 0 Å². The van der Waals surface area contributed by atoms with Crippen molar-refractivity contribution in [3.8, 4) is 5.75 Å². The molecule has 1 aliphatic heterocycles. The monoisotopic (exact) mass is 370 g/mol. The Hall–Kier alpha value is -1.15. The summed E-state index contributed by atoms with van der Waals surface area (Å²) < 4.78 is 38.5. The molecule has 25 heavy (non-hydrogen) atoms. The van der Waals surface area contributed by atoms with Gasteiger partial charge in [-0.25, -0.2) is 8.42 Å². The molecule has 0 amide bonds. The molecule has 0 N–H and O–H groups in total. The molecular formula is C18H30N2O4S. The molecule has 1 heterocycles. The Bertz CT molecular complexity index is 693. The zero-order valence-electron chi connectivity index (χ0n) is 16.1. The quantitative estimate of drug-likeness (QED) is 0.767. The zero-order chi connectivity index (χ0) is 18.8. The van der Waals surface area contributed by atoms with Crippen LogP contribution in [0.15, 0.2) is 17.0 Å². The maximum atomic E-state index is 13.2. The molecule has 0 radical (unpaired) electrons. The number of ether oxygens (including phenoxy) is 2. The van der Waals surface area contributed by atoms with E-state index in [2.05, 4.69) is 18.7 Å². The number of nitrogens with zero attached hydrogens (tertiary/aromatic N) is 2. The number of piperazine rings is 1. The summed E-state index contributed by atoms with van der Waals surface area (Å²) in [6.45, 7) is 10.3. The lowest BCUT2D eigenvalue weighted by atomic mass is 10.1. The van der Waals surface area contributed by atoms with Crippen molar-refractivity contribution >= 4 is 10.0 Å². The van der Waals surface area contributed by atoms with Crippen molar-refractivity contribution < 1.29 is 17.9 Å². The second-order valence-corrected chi connectivity index (χ2v) is 8.74. The first kappa shape index (κ1) is 20.2. The summed E-state index contributed by atoms with van der Waals surface area (Å²) in [7, 11) is -0.249. The second kappa shape index (κ2) is 8.03. The lowest BCUT2D eigenvalue weighted by Gasteiger charge is -2.43. The van der Waals surface area contributed by atoms with Crippen LogP contribution < -0.4 is 4.74 Å². The van der Waals surface area contributed by atoms with Gasteiger partial charge >= 0.3 is 0 Å². The molecule has 142 valence electrons. The fourth-order valence-electron chi connectivity index (χ4n) is 3.54. The molecular weight excluding hydrogens is 340 g/mol. The molecule has 0 aliphatic carbocycles. The van der Waals surface area contributed by atoms with E-state index in [1.807, 2.05) is 13.8 Å². The number of sulfonamides is 1. The van der Waals surface area contributed by atoms with E-state index in [0.717, 1.165) is 12.1 Å². The van der Waals surface area contributed by atoms with Crippen LogP contribution in [0, 0.1) is 13.8 Å². The van der Waals surface area contributed by atoms with Crippen LogP contribution >= 0.6 is 0 Å². The molecule has 0 bridgehead atoms. The molecule has 6 nitrogen and oxygen atoms in total. The summed E-state index contributed by atoms with van der Waals surface area (Å²) in [5.41, 5.74) is 1.54. The molecule has 1 aromatic carbocycles. The van der Waals surface area contributed by atoms with Gasteiger partial charge in [0.15, 0.2) is 0 Å². The number of benzene rings is 1. The number of methoxy groups -OCH3 is 2. The molecule has 1 saturated heterocycles. The predicted molar refractivity (Wildman–Crippen MR) is 98.7 cm³/mol. The van der Waals surface area contributed by atoms with Crippen LogP contribution in [0.3, 0.4) is 0 Å². The summed E-state index contributed by atoms with van der Waals surface area (Å²) in [5.74, 6) is 0.711. The van der Waals surface area contributed by atoms with Crippen LogP contribution in [-0.4, -0.2) is 70.2 Å². The first-order valence-electron chi connectivity index (χ1n) is 8.62. The number of hydrogen-bond acceptors (Lipinski definition) is 5. The van der Waals surface area contributed by atoms with E-state index in [9.17, 15) is 8.42 Å². The summed E-state index contributed by atoms with van der Waals surface area (Å²) in [4.78, 5) is 2.68. The van der Waals surface area contributed by atoms with Crippen molar-refractivity contribution in [2.24, 2.45) is 0 Å². The second-order valence-electron chi connectivity index (χ2n) is 6.84. The molecule has 0 spiro atoms. The predicted octanol–water partition coefficient (Wildman–Crippen LogP) is 2.04. The maximum absolute atomic E-state index is 13.2. The molecule has 2 unspecified atom stereocenters. The molecule has 0 aromatic heterocycles. The molecule has 1 aromatic rings. The standard InChI is InChI=1S/C18H30N2O4S/c1-13-10-18(14(2)9-17(13)24-6)25(21,22)19-11-15(3)20(7-8-23-5)16(4)12-19/h9-10,15-16H,7-8,11-12H2,1-6H3. The van der Waals surface area contributed by atoms with E-state index in [1.54, 1.807) is 30.7 Å². The molecule has 1 aliphatic rings. The Kier molecular flexibility index (Phi) is 6.48. The third-order valence-corrected chi connectivity index (χ3v) is 6.91. The van der Waals surface area contributed by atoms with Crippen LogP contribution in [0.2, 0.25) is 0 Å². The first-order chi connectivity index (χ1) is 11.7. The van der Waals surface area contributed by atoms with E-state index in [-0.39, 0.29) is 12.1 Å².